The van der Waals surface area contributed by atoms with Gasteiger partial charge in [-0.1, -0.05) is 19.1 Å². The maximum atomic E-state index is 5.56. The second-order valence-corrected chi connectivity index (χ2v) is 5.21. The molecule has 3 heteroatoms. The monoisotopic (exact) mass is 262 g/mol. The maximum Gasteiger partial charge on any atom is 0.119 e. The molecule has 1 saturated heterocycles. The van der Waals surface area contributed by atoms with E-state index in [0.717, 1.165) is 32.0 Å². The van der Waals surface area contributed by atoms with Gasteiger partial charge < -0.3 is 10.1 Å². The van der Waals surface area contributed by atoms with Crippen molar-refractivity contribution in [2.24, 2.45) is 0 Å². The fourth-order valence-electron chi connectivity index (χ4n) is 2.81. The molecule has 3 nitrogen and oxygen atoms in total. The summed E-state index contributed by atoms with van der Waals surface area (Å²) in [5.74, 6) is 0.986. The number of hydrogen-bond acceptors (Lipinski definition) is 3. The summed E-state index contributed by atoms with van der Waals surface area (Å²) in [6.07, 6.45) is 2.60. The Morgan fingerprint density at radius 1 is 1.37 bits per heavy atom. The van der Waals surface area contributed by atoms with Crippen molar-refractivity contribution in [3.8, 4) is 5.75 Å². The highest BCUT2D eigenvalue weighted by Crippen LogP contribution is 2.17. The molecule has 106 valence electrons. The number of nitrogens with zero attached hydrogens (tertiary/aromatic N) is 1. The number of likely N-dealkylation sites (N-methyl/N-ethyl adjacent to an activating group) is 1. The lowest BCUT2D eigenvalue weighted by Gasteiger charge is -2.33. The predicted octanol–water partition coefficient (Wildman–Crippen LogP) is 2.66. The normalized spacial score (nSPS) is 20.4. The van der Waals surface area contributed by atoms with Crippen molar-refractivity contribution >= 4 is 0 Å². The summed E-state index contributed by atoms with van der Waals surface area (Å²) >= 11 is 0. The Balaban J connectivity index is 1.90. The lowest BCUT2D eigenvalue weighted by atomic mass is 10.0. The Hall–Kier alpha value is -1.06. The average molecular weight is 262 g/mol. The molecule has 0 saturated carbocycles. The van der Waals surface area contributed by atoms with Crippen LogP contribution in [0.1, 0.15) is 32.3 Å². The molecule has 1 aromatic rings. The zero-order valence-corrected chi connectivity index (χ0v) is 12.2. The van der Waals surface area contributed by atoms with Gasteiger partial charge >= 0.3 is 0 Å². The van der Waals surface area contributed by atoms with Crippen molar-refractivity contribution in [2.45, 2.75) is 39.3 Å². The fraction of sp³-hybridized carbons (Fsp3) is 0.625. The molecule has 1 aliphatic heterocycles. The predicted molar refractivity (Wildman–Crippen MR) is 79.6 cm³/mol. The number of benzene rings is 1. The highest BCUT2D eigenvalue weighted by Gasteiger charge is 2.18. The van der Waals surface area contributed by atoms with Gasteiger partial charge in [0.05, 0.1) is 6.61 Å². The number of likely N-dealkylation sites (tertiary alicyclic amines) is 1. The molecule has 1 heterocycles. The SMILES string of the molecule is CCNC1CCCN(Cc2cccc(OCC)c2)C1. The Labute approximate surface area is 116 Å². The number of nitrogens with one attached hydrogen (secondary N) is 1. The summed E-state index contributed by atoms with van der Waals surface area (Å²) in [5, 5.41) is 3.57. The van der Waals surface area contributed by atoms with Crippen molar-refractivity contribution in [3.63, 3.8) is 0 Å². The topological polar surface area (TPSA) is 24.5 Å². The lowest BCUT2D eigenvalue weighted by molar-refractivity contribution is 0.184. The number of rotatable bonds is 6. The van der Waals surface area contributed by atoms with Crippen LogP contribution < -0.4 is 10.1 Å². The fourth-order valence-corrected chi connectivity index (χ4v) is 2.81. The average Bonchev–Trinajstić information content (AvgIpc) is 2.40. The van der Waals surface area contributed by atoms with E-state index in [1.165, 1.54) is 24.9 Å². The second kappa shape index (κ2) is 7.51. The molecule has 0 aliphatic carbocycles. The Bertz CT molecular complexity index is 379. The van der Waals surface area contributed by atoms with Gasteiger partial charge in [0.1, 0.15) is 5.75 Å². The van der Waals surface area contributed by atoms with E-state index < -0.39 is 0 Å². The van der Waals surface area contributed by atoms with Crippen molar-refractivity contribution in [3.05, 3.63) is 29.8 Å². The summed E-state index contributed by atoms with van der Waals surface area (Å²) in [6.45, 7) is 9.41. The molecule has 0 bridgehead atoms. The first-order chi connectivity index (χ1) is 9.31. The van der Waals surface area contributed by atoms with Crippen LogP contribution in [0.3, 0.4) is 0 Å². The first-order valence-corrected chi connectivity index (χ1v) is 7.49. The molecule has 1 atom stereocenters. The molecule has 19 heavy (non-hydrogen) atoms. The maximum absolute atomic E-state index is 5.56. The van der Waals surface area contributed by atoms with Crippen molar-refractivity contribution in [1.82, 2.24) is 10.2 Å². The van der Waals surface area contributed by atoms with Gasteiger partial charge in [-0.15, -0.1) is 0 Å². The van der Waals surface area contributed by atoms with Gasteiger partial charge in [-0.3, -0.25) is 4.90 Å². The number of hydrogen-bond donors (Lipinski definition) is 1. The van der Waals surface area contributed by atoms with Gasteiger partial charge in [-0.25, -0.2) is 0 Å². The van der Waals surface area contributed by atoms with E-state index in [1.54, 1.807) is 0 Å². The molecule has 0 aromatic heterocycles. The third-order valence-corrected chi connectivity index (χ3v) is 3.61. The second-order valence-electron chi connectivity index (χ2n) is 5.21. The molecule has 1 unspecified atom stereocenters. The molecule has 1 N–H and O–H groups in total. The summed E-state index contributed by atoms with van der Waals surface area (Å²) in [7, 11) is 0. The zero-order valence-electron chi connectivity index (χ0n) is 12.2. The van der Waals surface area contributed by atoms with Crippen LogP contribution in [-0.2, 0) is 6.54 Å². The molecule has 1 aliphatic rings. The highest BCUT2D eigenvalue weighted by atomic mass is 16.5. The van der Waals surface area contributed by atoms with Crippen LogP contribution in [0.25, 0.3) is 0 Å². The van der Waals surface area contributed by atoms with Crippen LogP contribution in [0.2, 0.25) is 0 Å². The van der Waals surface area contributed by atoms with Gasteiger partial charge in [-0.2, -0.15) is 0 Å². The van der Waals surface area contributed by atoms with E-state index in [4.69, 9.17) is 4.74 Å². The lowest BCUT2D eigenvalue weighted by Crippen LogP contribution is -2.45. The van der Waals surface area contributed by atoms with E-state index in [1.807, 2.05) is 13.0 Å². The quantitative estimate of drug-likeness (QED) is 0.853. The molecule has 0 amide bonds. The molecule has 0 radical (unpaired) electrons. The van der Waals surface area contributed by atoms with Gasteiger partial charge in [0.15, 0.2) is 0 Å². The summed E-state index contributed by atoms with van der Waals surface area (Å²) in [5.41, 5.74) is 1.35. The minimum atomic E-state index is 0.661. The molecular formula is C16H26N2O. The smallest absolute Gasteiger partial charge is 0.119 e. The van der Waals surface area contributed by atoms with Crippen LogP contribution in [0, 0.1) is 0 Å². The van der Waals surface area contributed by atoms with Gasteiger partial charge in [0.2, 0.25) is 0 Å². The van der Waals surface area contributed by atoms with E-state index in [2.05, 4.69) is 35.3 Å². The van der Waals surface area contributed by atoms with E-state index >= 15 is 0 Å². The molecule has 0 spiro atoms. The first-order valence-electron chi connectivity index (χ1n) is 7.49. The van der Waals surface area contributed by atoms with Crippen LogP contribution in [-0.4, -0.2) is 37.2 Å². The first kappa shape index (κ1) is 14.4. The Kier molecular flexibility index (Phi) is 5.67. The highest BCUT2D eigenvalue weighted by molar-refractivity contribution is 5.28. The van der Waals surface area contributed by atoms with Crippen LogP contribution >= 0.6 is 0 Å². The Morgan fingerprint density at radius 3 is 3.05 bits per heavy atom. The largest absolute Gasteiger partial charge is 0.494 e. The van der Waals surface area contributed by atoms with Gasteiger partial charge in [0, 0.05) is 19.1 Å². The third kappa shape index (κ3) is 4.51. The van der Waals surface area contributed by atoms with Gasteiger partial charge in [-0.05, 0) is 50.6 Å². The van der Waals surface area contributed by atoms with Crippen molar-refractivity contribution in [2.75, 3.05) is 26.2 Å². The standard InChI is InChI=1S/C16H26N2O/c1-3-17-15-8-6-10-18(13-15)12-14-7-5-9-16(11-14)19-4-2/h5,7,9,11,15,17H,3-4,6,8,10,12-13H2,1-2H3. The Morgan fingerprint density at radius 2 is 2.26 bits per heavy atom. The third-order valence-electron chi connectivity index (χ3n) is 3.61. The van der Waals surface area contributed by atoms with Crippen LogP contribution in [0.15, 0.2) is 24.3 Å². The minimum Gasteiger partial charge on any atom is -0.494 e. The van der Waals surface area contributed by atoms with E-state index in [9.17, 15) is 0 Å². The summed E-state index contributed by atoms with van der Waals surface area (Å²) < 4.78 is 5.56. The van der Waals surface area contributed by atoms with Crippen LogP contribution in [0.4, 0.5) is 0 Å². The van der Waals surface area contributed by atoms with Crippen molar-refractivity contribution in [1.29, 1.82) is 0 Å². The van der Waals surface area contributed by atoms with Crippen LogP contribution in [0.5, 0.6) is 5.75 Å². The van der Waals surface area contributed by atoms with E-state index in [-0.39, 0.29) is 0 Å². The van der Waals surface area contributed by atoms with E-state index in [0.29, 0.717) is 6.04 Å². The summed E-state index contributed by atoms with van der Waals surface area (Å²) in [6, 6.07) is 9.14. The number of ether oxygens (including phenoxy) is 1. The minimum absolute atomic E-state index is 0.661. The molecule has 2 rings (SSSR count). The van der Waals surface area contributed by atoms with Crippen molar-refractivity contribution < 1.29 is 4.74 Å². The molecule has 1 aromatic carbocycles. The zero-order chi connectivity index (χ0) is 13.5. The molecular weight excluding hydrogens is 236 g/mol. The number of piperidine rings is 1. The molecule has 1 fully saturated rings. The van der Waals surface area contributed by atoms with Gasteiger partial charge in [0.25, 0.3) is 0 Å². The summed E-state index contributed by atoms with van der Waals surface area (Å²) in [4.78, 5) is 2.54.